The van der Waals surface area contributed by atoms with E-state index in [0.717, 1.165) is 0 Å². The lowest BCUT2D eigenvalue weighted by atomic mass is 10.0. The van der Waals surface area contributed by atoms with E-state index in [-0.39, 0.29) is 0 Å². The SMILES string of the molecule is NC(=O)NSC1CCCCC1. The van der Waals surface area contributed by atoms with Gasteiger partial charge in [-0.25, -0.2) is 4.79 Å². The van der Waals surface area contributed by atoms with Crippen molar-refractivity contribution in [2.75, 3.05) is 0 Å². The molecule has 1 fully saturated rings. The first-order valence-electron chi connectivity index (χ1n) is 4.00. The molecule has 0 aromatic heterocycles. The molecular formula is C7H14N2OS. The summed E-state index contributed by atoms with van der Waals surface area (Å²) >= 11 is 1.48. The van der Waals surface area contributed by atoms with E-state index in [1.165, 1.54) is 44.1 Å². The minimum atomic E-state index is -0.430. The van der Waals surface area contributed by atoms with Crippen molar-refractivity contribution in [3.8, 4) is 0 Å². The molecule has 0 radical (unpaired) electrons. The molecule has 1 aliphatic carbocycles. The van der Waals surface area contributed by atoms with Crippen LogP contribution in [0.2, 0.25) is 0 Å². The van der Waals surface area contributed by atoms with Crippen molar-refractivity contribution in [1.82, 2.24) is 4.72 Å². The van der Waals surface area contributed by atoms with Gasteiger partial charge in [-0.05, 0) is 24.8 Å². The van der Waals surface area contributed by atoms with Crippen LogP contribution in [0.1, 0.15) is 32.1 Å². The second-order valence-corrected chi connectivity index (χ2v) is 3.95. The summed E-state index contributed by atoms with van der Waals surface area (Å²) in [5.74, 6) is 0. The Morgan fingerprint density at radius 3 is 2.55 bits per heavy atom. The molecule has 0 spiro atoms. The van der Waals surface area contributed by atoms with Crippen molar-refractivity contribution in [1.29, 1.82) is 0 Å². The highest BCUT2D eigenvalue weighted by molar-refractivity contribution is 7.98. The third-order valence-electron chi connectivity index (χ3n) is 1.88. The van der Waals surface area contributed by atoms with Crippen molar-refractivity contribution in [3.63, 3.8) is 0 Å². The zero-order valence-corrected chi connectivity index (χ0v) is 7.32. The molecule has 0 aromatic carbocycles. The lowest BCUT2D eigenvalue weighted by molar-refractivity contribution is 0.254. The van der Waals surface area contributed by atoms with Gasteiger partial charge in [0.05, 0.1) is 0 Å². The minimum absolute atomic E-state index is 0.430. The monoisotopic (exact) mass is 174 g/mol. The second-order valence-electron chi connectivity index (χ2n) is 2.84. The predicted octanol–water partition coefficient (Wildman–Crippen LogP) is 1.64. The summed E-state index contributed by atoms with van der Waals surface area (Å²) in [4.78, 5) is 10.3. The number of primary amides is 1. The van der Waals surface area contributed by atoms with Crippen molar-refractivity contribution < 1.29 is 4.79 Å². The van der Waals surface area contributed by atoms with Crippen LogP contribution < -0.4 is 10.5 Å². The van der Waals surface area contributed by atoms with E-state index in [4.69, 9.17) is 5.73 Å². The Morgan fingerprint density at radius 1 is 1.36 bits per heavy atom. The van der Waals surface area contributed by atoms with E-state index in [1.807, 2.05) is 0 Å². The van der Waals surface area contributed by atoms with Gasteiger partial charge in [-0.1, -0.05) is 19.3 Å². The standard InChI is InChI=1S/C7H14N2OS/c8-7(10)9-11-6-4-2-1-3-5-6/h6H,1-5H2,(H3,8,9,10). The first kappa shape index (κ1) is 8.71. The summed E-state index contributed by atoms with van der Waals surface area (Å²) in [6, 6.07) is -0.430. The Labute approximate surface area is 71.2 Å². The van der Waals surface area contributed by atoms with Crippen LogP contribution >= 0.6 is 11.9 Å². The van der Waals surface area contributed by atoms with Gasteiger partial charge < -0.3 is 5.73 Å². The van der Waals surface area contributed by atoms with Crippen molar-refractivity contribution in [3.05, 3.63) is 0 Å². The molecule has 3 N–H and O–H groups in total. The van der Waals surface area contributed by atoms with Crippen LogP contribution in [0.15, 0.2) is 0 Å². The lowest BCUT2D eigenvalue weighted by Gasteiger charge is -2.19. The van der Waals surface area contributed by atoms with E-state index >= 15 is 0 Å². The second kappa shape index (κ2) is 4.49. The summed E-state index contributed by atoms with van der Waals surface area (Å²) in [6.45, 7) is 0. The topological polar surface area (TPSA) is 55.1 Å². The van der Waals surface area contributed by atoms with Crippen molar-refractivity contribution >= 4 is 18.0 Å². The Morgan fingerprint density at radius 2 is 2.00 bits per heavy atom. The van der Waals surface area contributed by atoms with Gasteiger partial charge in [-0.2, -0.15) is 0 Å². The number of hydrogen-bond acceptors (Lipinski definition) is 2. The molecule has 2 amide bonds. The van der Waals surface area contributed by atoms with Gasteiger partial charge in [0.2, 0.25) is 0 Å². The number of carbonyl (C=O) groups is 1. The molecule has 0 heterocycles. The largest absolute Gasteiger partial charge is 0.351 e. The predicted molar refractivity (Wildman–Crippen MR) is 47.2 cm³/mol. The maximum atomic E-state index is 10.3. The normalized spacial score (nSPS) is 19.6. The van der Waals surface area contributed by atoms with Crippen LogP contribution in [-0.2, 0) is 0 Å². The number of rotatable bonds is 2. The summed E-state index contributed by atoms with van der Waals surface area (Å²) in [7, 11) is 0. The average Bonchev–Trinajstić information content (AvgIpc) is 2.03. The fourth-order valence-corrected chi connectivity index (χ4v) is 2.18. The molecule has 0 aliphatic heterocycles. The molecule has 4 heteroatoms. The van der Waals surface area contributed by atoms with Crippen LogP contribution in [0.4, 0.5) is 4.79 Å². The highest BCUT2D eigenvalue weighted by atomic mass is 32.2. The van der Waals surface area contributed by atoms with Crippen LogP contribution in [0.3, 0.4) is 0 Å². The molecule has 0 saturated heterocycles. The van der Waals surface area contributed by atoms with Gasteiger partial charge in [0.25, 0.3) is 0 Å². The molecule has 3 nitrogen and oxygen atoms in total. The Hall–Kier alpha value is -0.380. The molecule has 0 unspecified atom stereocenters. The third kappa shape index (κ3) is 3.51. The minimum Gasteiger partial charge on any atom is -0.351 e. The first-order chi connectivity index (χ1) is 5.29. The molecule has 0 aromatic rings. The molecular weight excluding hydrogens is 160 g/mol. The zero-order valence-electron chi connectivity index (χ0n) is 6.51. The fraction of sp³-hybridized carbons (Fsp3) is 0.857. The Bertz CT molecular complexity index is 134. The third-order valence-corrected chi connectivity index (χ3v) is 3.00. The number of nitrogens with one attached hydrogen (secondary N) is 1. The van der Waals surface area contributed by atoms with Gasteiger partial charge >= 0.3 is 6.03 Å². The molecule has 0 atom stereocenters. The summed E-state index contributed by atoms with van der Waals surface area (Å²) in [5.41, 5.74) is 4.94. The maximum absolute atomic E-state index is 10.3. The first-order valence-corrected chi connectivity index (χ1v) is 4.88. The fourth-order valence-electron chi connectivity index (χ4n) is 1.32. The number of amides is 2. The molecule has 0 bridgehead atoms. The van der Waals surface area contributed by atoms with Crippen molar-refractivity contribution in [2.24, 2.45) is 5.73 Å². The van der Waals surface area contributed by atoms with Gasteiger partial charge in [0, 0.05) is 5.25 Å². The van der Waals surface area contributed by atoms with E-state index in [0.29, 0.717) is 5.25 Å². The highest BCUT2D eigenvalue weighted by Gasteiger charge is 2.13. The highest BCUT2D eigenvalue weighted by Crippen LogP contribution is 2.25. The quantitative estimate of drug-likeness (QED) is 0.625. The van der Waals surface area contributed by atoms with E-state index in [1.54, 1.807) is 0 Å². The Balaban J connectivity index is 2.09. The van der Waals surface area contributed by atoms with Crippen LogP contribution in [0, 0.1) is 0 Å². The van der Waals surface area contributed by atoms with E-state index in [2.05, 4.69) is 4.72 Å². The Kier molecular flexibility index (Phi) is 3.56. The molecule has 1 saturated carbocycles. The summed E-state index contributed by atoms with van der Waals surface area (Å²) in [5, 5.41) is 0.594. The van der Waals surface area contributed by atoms with Crippen LogP contribution in [-0.4, -0.2) is 11.3 Å². The van der Waals surface area contributed by atoms with Crippen LogP contribution in [0.5, 0.6) is 0 Å². The molecule has 64 valence electrons. The van der Waals surface area contributed by atoms with E-state index in [9.17, 15) is 4.79 Å². The smallest absolute Gasteiger partial charge is 0.322 e. The number of nitrogens with two attached hydrogens (primary N) is 1. The molecule has 11 heavy (non-hydrogen) atoms. The van der Waals surface area contributed by atoms with Gasteiger partial charge in [0.1, 0.15) is 0 Å². The summed E-state index contributed by atoms with van der Waals surface area (Å²) < 4.78 is 2.57. The van der Waals surface area contributed by atoms with Crippen molar-refractivity contribution in [2.45, 2.75) is 37.4 Å². The maximum Gasteiger partial charge on any atom is 0.322 e. The molecule has 1 rings (SSSR count). The van der Waals surface area contributed by atoms with E-state index < -0.39 is 6.03 Å². The zero-order chi connectivity index (χ0) is 8.10. The molecule has 1 aliphatic rings. The van der Waals surface area contributed by atoms with Gasteiger partial charge in [0.15, 0.2) is 0 Å². The van der Waals surface area contributed by atoms with Crippen LogP contribution in [0.25, 0.3) is 0 Å². The number of urea groups is 1. The number of hydrogen-bond donors (Lipinski definition) is 2. The lowest BCUT2D eigenvalue weighted by Crippen LogP contribution is -2.26. The van der Waals surface area contributed by atoms with Gasteiger partial charge in [-0.3, -0.25) is 4.72 Å². The van der Waals surface area contributed by atoms with Gasteiger partial charge in [-0.15, -0.1) is 0 Å². The summed E-state index contributed by atoms with van der Waals surface area (Å²) in [6.07, 6.45) is 6.35. The number of carbonyl (C=O) groups excluding carboxylic acids is 1. The average molecular weight is 174 g/mol.